The van der Waals surface area contributed by atoms with Crippen molar-refractivity contribution in [3.8, 4) is 0 Å². The molecule has 1 aliphatic rings. The van der Waals surface area contributed by atoms with E-state index in [-0.39, 0.29) is 11.6 Å². The van der Waals surface area contributed by atoms with Crippen LogP contribution in [0.15, 0.2) is 54.7 Å². The van der Waals surface area contributed by atoms with Gasteiger partial charge in [0.2, 0.25) is 5.95 Å². The fourth-order valence-corrected chi connectivity index (χ4v) is 3.31. The minimum absolute atomic E-state index is 0.124. The van der Waals surface area contributed by atoms with Crippen LogP contribution in [0.3, 0.4) is 0 Å². The van der Waals surface area contributed by atoms with Crippen LogP contribution >= 0.6 is 0 Å². The molecule has 0 bridgehead atoms. The summed E-state index contributed by atoms with van der Waals surface area (Å²) in [6.07, 6.45) is 1.55. The van der Waals surface area contributed by atoms with Crippen LogP contribution in [0.5, 0.6) is 0 Å². The third-order valence-corrected chi connectivity index (χ3v) is 4.87. The van der Waals surface area contributed by atoms with Gasteiger partial charge in [0.1, 0.15) is 5.82 Å². The van der Waals surface area contributed by atoms with Crippen molar-refractivity contribution in [3.63, 3.8) is 0 Å². The highest BCUT2D eigenvalue weighted by molar-refractivity contribution is 5.56. The summed E-state index contributed by atoms with van der Waals surface area (Å²) in [5, 5.41) is 2.62. The molecule has 1 fully saturated rings. The summed E-state index contributed by atoms with van der Waals surface area (Å²) in [7, 11) is 0. The molecule has 150 valence electrons. The monoisotopic (exact) mass is 399 g/mol. The van der Waals surface area contributed by atoms with Crippen LogP contribution in [0.25, 0.3) is 0 Å². The lowest BCUT2D eigenvalue weighted by atomic mass is 10.2. The number of nitrogens with one attached hydrogen (secondary N) is 1. The van der Waals surface area contributed by atoms with Crippen molar-refractivity contribution in [1.29, 1.82) is 0 Å². The molecule has 29 heavy (non-hydrogen) atoms. The highest BCUT2D eigenvalue weighted by Crippen LogP contribution is 2.23. The molecule has 0 amide bonds. The zero-order valence-corrected chi connectivity index (χ0v) is 15.7. The zero-order valence-electron chi connectivity index (χ0n) is 15.7. The van der Waals surface area contributed by atoms with E-state index < -0.39 is 17.5 Å². The van der Waals surface area contributed by atoms with Crippen molar-refractivity contribution in [2.45, 2.75) is 6.54 Å². The fraction of sp³-hybridized carbons (Fsp3) is 0.238. The van der Waals surface area contributed by atoms with Gasteiger partial charge in [-0.1, -0.05) is 30.3 Å². The lowest BCUT2D eigenvalue weighted by Crippen LogP contribution is -2.46. The first-order chi connectivity index (χ1) is 14.1. The molecule has 0 unspecified atom stereocenters. The summed E-state index contributed by atoms with van der Waals surface area (Å²) in [4.78, 5) is 12.9. The molecule has 0 spiro atoms. The maximum atomic E-state index is 13.9. The Morgan fingerprint density at radius 1 is 0.862 bits per heavy atom. The number of aromatic nitrogens is 2. The Morgan fingerprint density at radius 3 is 2.38 bits per heavy atom. The molecule has 1 saturated heterocycles. The molecule has 1 N–H and O–H groups in total. The zero-order chi connectivity index (χ0) is 20.2. The molecule has 2 heterocycles. The van der Waals surface area contributed by atoms with Crippen LogP contribution < -0.4 is 10.2 Å². The second-order valence-electron chi connectivity index (χ2n) is 6.84. The van der Waals surface area contributed by atoms with Crippen LogP contribution in [0, 0.1) is 17.5 Å². The van der Waals surface area contributed by atoms with E-state index in [1.807, 2.05) is 18.2 Å². The molecule has 1 aliphatic heterocycles. The van der Waals surface area contributed by atoms with Gasteiger partial charge >= 0.3 is 0 Å². The highest BCUT2D eigenvalue weighted by Gasteiger charge is 2.19. The molecular weight excluding hydrogens is 379 g/mol. The molecule has 0 radical (unpaired) electrons. The summed E-state index contributed by atoms with van der Waals surface area (Å²) >= 11 is 0. The maximum Gasteiger partial charge on any atom is 0.229 e. The van der Waals surface area contributed by atoms with Crippen molar-refractivity contribution >= 4 is 17.5 Å². The average Bonchev–Trinajstić information content (AvgIpc) is 2.76. The Bertz CT molecular complexity index is 975. The number of rotatable bonds is 5. The van der Waals surface area contributed by atoms with Crippen LogP contribution in [0.2, 0.25) is 0 Å². The van der Waals surface area contributed by atoms with E-state index in [0.29, 0.717) is 5.82 Å². The molecule has 0 saturated carbocycles. The number of hydrogen-bond acceptors (Lipinski definition) is 5. The minimum atomic E-state index is -1.53. The maximum absolute atomic E-state index is 13.9. The van der Waals surface area contributed by atoms with Crippen LogP contribution in [0.4, 0.5) is 30.6 Å². The van der Waals surface area contributed by atoms with Crippen LogP contribution in [0.1, 0.15) is 5.56 Å². The van der Waals surface area contributed by atoms with Gasteiger partial charge in [-0.15, -0.1) is 0 Å². The topological polar surface area (TPSA) is 44.3 Å². The Labute approximate surface area is 166 Å². The normalized spacial score (nSPS) is 14.8. The van der Waals surface area contributed by atoms with Gasteiger partial charge in [-0.05, 0) is 23.8 Å². The molecule has 0 aliphatic carbocycles. The standard InChI is InChI=1S/C21H20F3N5/c22-16-6-7-17(20(24)19(16)23)26-21-25-9-8-18(27-21)29-12-10-28(11-13-29)14-15-4-2-1-3-5-15/h1-9H,10-14H2,(H,25,26,27). The van der Waals surface area contributed by atoms with E-state index >= 15 is 0 Å². The molecule has 0 atom stereocenters. The van der Waals surface area contributed by atoms with Crippen molar-refractivity contribution in [1.82, 2.24) is 14.9 Å². The van der Waals surface area contributed by atoms with Gasteiger partial charge in [-0.3, -0.25) is 4.90 Å². The van der Waals surface area contributed by atoms with E-state index in [1.54, 1.807) is 12.3 Å². The summed E-state index contributed by atoms with van der Waals surface area (Å²) in [5.74, 6) is -3.24. The Morgan fingerprint density at radius 2 is 1.62 bits per heavy atom. The van der Waals surface area contributed by atoms with Gasteiger partial charge in [0.05, 0.1) is 5.69 Å². The Hall–Kier alpha value is -3.13. The first kappa shape index (κ1) is 19.2. The van der Waals surface area contributed by atoms with E-state index in [9.17, 15) is 13.2 Å². The Balaban J connectivity index is 1.40. The number of benzene rings is 2. The first-order valence-corrected chi connectivity index (χ1v) is 9.35. The van der Waals surface area contributed by atoms with E-state index in [2.05, 4.69) is 37.2 Å². The average molecular weight is 399 g/mol. The third kappa shape index (κ3) is 4.48. The Kier molecular flexibility index (Phi) is 5.62. The number of piperazine rings is 1. The fourth-order valence-electron chi connectivity index (χ4n) is 3.31. The highest BCUT2D eigenvalue weighted by atomic mass is 19.2. The van der Waals surface area contributed by atoms with Crippen molar-refractivity contribution < 1.29 is 13.2 Å². The molecule has 8 heteroatoms. The van der Waals surface area contributed by atoms with Gasteiger partial charge in [0.25, 0.3) is 0 Å². The van der Waals surface area contributed by atoms with Crippen molar-refractivity contribution in [3.05, 3.63) is 77.7 Å². The lowest BCUT2D eigenvalue weighted by Gasteiger charge is -2.35. The summed E-state index contributed by atoms with van der Waals surface area (Å²) in [6.45, 7) is 4.27. The predicted octanol–water partition coefficient (Wildman–Crippen LogP) is 3.96. The van der Waals surface area contributed by atoms with Crippen molar-refractivity contribution in [2.75, 3.05) is 36.4 Å². The number of halogens is 3. The predicted molar refractivity (Wildman–Crippen MR) is 106 cm³/mol. The smallest absolute Gasteiger partial charge is 0.229 e. The molecule has 3 aromatic rings. The van der Waals surface area contributed by atoms with Crippen molar-refractivity contribution in [2.24, 2.45) is 0 Å². The summed E-state index contributed by atoms with van der Waals surface area (Å²) in [5.41, 5.74) is 1.07. The van der Waals surface area contributed by atoms with Gasteiger partial charge in [0.15, 0.2) is 17.5 Å². The number of nitrogens with zero attached hydrogens (tertiary/aromatic N) is 4. The van der Waals surface area contributed by atoms with E-state index in [0.717, 1.165) is 44.9 Å². The molecular formula is C21H20F3N5. The van der Waals surface area contributed by atoms with E-state index in [1.165, 1.54) is 5.56 Å². The van der Waals surface area contributed by atoms with Gasteiger partial charge in [-0.2, -0.15) is 4.98 Å². The second kappa shape index (κ2) is 8.48. The van der Waals surface area contributed by atoms with Crippen LogP contribution in [-0.4, -0.2) is 41.0 Å². The van der Waals surface area contributed by atoms with Gasteiger partial charge in [-0.25, -0.2) is 18.2 Å². The molecule has 2 aromatic carbocycles. The molecule has 4 rings (SSSR count). The SMILES string of the molecule is Fc1ccc(Nc2nccc(N3CCN(Cc4ccccc4)CC3)n2)c(F)c1F. The second-order valence-corrected chi connectivity index (χ2v) is 6.84. The number of anilines is 3. The van der Waals surface area contributed by atoms with Gasteiger partial charge < -0.3 is 10.2 Å². The number of hydrogen-bond donors (Lipinski definition) is 1. The molecule has 5 nitrogen and oxygen atoms in total. The summed E-state index contributed by atoms with van der Waals surface area (Å²) in [6, 6.07) is 14.1. The van der Waals surface area contributed by atoms with Gasteiger partial charge in [0, 0.05) is 38.9 Å². The largest absolute Gasteiger partial charge is 0.354 e. The third-order valence-electron chi connectivity index (χ3n) is 4.87. The lowest BCUT2D eigenvalue weighted by molar-refractivity contribution is 0.249. The first-order valence-electron chi connectivity index (χ1n) is 9.35. The van der Waals surface area contributed by atoms with E-state index in [4.69, 9.17) is 0 Å². The summed E-state index contributed by atoms with van der Waals surface area (Å²) < 4.78 is 40.4. The van der Waals surface area contributed by atoms with Crippen LogP contribution in [-0.2, 0) is 6.54 Å². The quantitative estimate of drug-likeness (QED) is 0.658. The molecule has 1 aromatic heterocycles. The minimum Gasteiger partial charge on any atom is -0.354 e.